The van der Waals surface area contributed by atoms with Crippen LogP contribution in [-0.2, 0) is 0 Å². The van der Waals surface area contributed by atoms with Crippen molar-refractivity contribution in [3.05, 3.63) is 51.5 Å². The molecule has 1 nitrogen and oxygen atoms in total. The van der Waals surface area contributed by atoms with Crippen LogP contribution in [0.15, 0.2) is 30.5 Å². The molecule has 0 atom stereocenters. The van der Waals surface area contributed by atoms with Crippen molar-refractivity contribution in [2.75, 3.05) is 0 Å². The second-order valence-electron chi connectivity index (χ2n) is 3.12. The highest BCUT2D eigenvalue weighted by molar-refractivity contribution is 6.37. The van der Waals surface area contributed by atoms with Gasteiger partial charge in [-0.25, -0.2) is 9.37 Å². The fourth-order valence-electron chi connectivity index (χ4n) is 1.32. The highest BCUT2D eigenvalue weighted by Gasteiger charge is 2.10. The fraction of sp³-hybridized carbons (Fsp3) is 0. The summed E-state index contributed by atoms with van der Waals surface area (Å²) in [5.41, 5.74) is 1.05. The Morgan fingerprint density at radius 3 is 2.44 bits per heavy atom. The van der Waals surface area contributed by atoms with Crippen LogP contribution in [0.2, 0.25) is 15.2 Å². The molecule has 1 heterocycles. The quantitative estimate of drug-likeness (QED) is 0.679. The fourth-order valence-corrected chi connectivity index (χ4v) is 2.03. The van der Waals surface area contributed by atoms with Crippen molar-refractivity contribution >= 4 is 34.8 Å². The Labute approximate surface area is 107 Å². The Hall–Kier alpha value is -0.830. The van der Waals surface area contributed by atoms with Gasteiger partial charge in [-0.15, -0.1) is 0 Å². The van der Waals surface area contributed by atoms with Gasteiger partial charge in [0.1, 0.15) is 11.0 Å². The maximum Gasteiger partial charge on any atom is 0.142 e. The molecule has 0 aliphatic rings. The topological polar surface area (TPSA) is 12.9 Å². The maximum atomic E-state index is 13.1. The van der Waals surface area contributed by atoms with Gasteiger partial charge in [-0.05, 0) is 18.2 Å². The van der Waals surface area contributed by atoms with Crippen molar-refractivity contribution in [1.82, 2.24) is 4.98 Å². The van der Waals surface area contributed by atoms with Gasteiger partial charge in [0.05, 0.1) is 6.20 Å². The molecule has 0 fully saturated rings. The normalized spacial score (nSPS) is 10.5. The molecule has 0 saturated heterocycles. The molecule has 0 amide bonds. The third kappa shape index (κ3) is 2.29. The van der Waals surface area contributed by atoms with E-state index in [-0.39, 0.29) is 5.15 Å². The minimum atomic E-state index is -0.467. The van der Waals surface area contributed by atoms with Crippen LogP contribution in [-0.4, -0.2) is 4.98 Å². The zero-order valence-electron chi connectivity index (χ0n) is 7.85. The van der Waals surface area contributed by atoms with E-state index in [2.05, 4.69) is 4.98 Å². The molecule has 0 saturated carbocycles. The standard InChI is InChI=1S/C11H5Cl3FN/c12-6-1-2-8(10(13)3-6)9-4-7(15)5-16-11(9)14/h1-5H. The molecule has 0 spiro atoms. The Morgan fingerprint density at radius 1 is 1.00 bits per heavy atom. The zero-order valence-corrected chi connectivity index (χ0v) is 10.1. The average Bonchev–Trinajstić information content (AvgIpc) is 2.22. The van der Waals surface area contributed by atoms with E-state index >= 15 is 0 Å². The molecular formula is C11H5Cl3FN. The Kier molecular flexibility index (Phi) is 3.33. The summed E-state index contributed by atoms with van der Waals surface area (Å²) in [4.78, 5) is 3.72. The summed E-state index contributed by atoms with van der Waals surface area (Å²) in [6.07, 6.45) is 1.05. The molecule has 0 radical (unpaired) electrons. The summed E-state index contributed by atoms with van der Waals surface area (Å²) in [5, 5.41) is 1.11. The Balaban J connectivity index is 2.62. The molecule has 0 N–H and O–H groups in total. The maximum absolute atomic E-state index is 13.1. The van der Waals surface area contributed by atoms with Crippen molar-refractivity contribution in [3.8, 4) is 11.1 Å². The van der Waals surface area contributed by atoms with Gasteiger partial charge in [-0.1, -0.05) is 40.9 Å². The molecule has 0 aliphatic carbocycles. The van der Waals surface area contributed by atoms with Crippen molar-refractivity contribution in [2.24, 2.45) is 0 Å². The SMILES string of the molecule is Fc1cnc(Cl)c(-c2ccc(Cl)cc2Cl)c1. The molecular weight excluding hydrogens is 271 g/mol. The first-order valence-electron chi connectivity index (χ1n) is 4.34. The van der Waals surface area contributed by atoms with E-state index in [0.29, 0.717) is 21.2 Å². The highest BCUT2D eigenvalue weighted by atomic mass is 35.5. The van der Waals surface area contributed by atoms with E-state index in [1.54, 1.807) is 18.2 Å². The number of hydrogen-bond donors (Lipinski definition) is 0. The minimum absolute atomic E-state index is 0.200. The predicted octanol–water partition coefficient (Wildman–Crippen LogP) is 4.85. The molecule has 16 heavy (non-hydrogen) atoms. The van der Waals surface area contributed by atoms with Crippen molar-refractivity contribution in [2.45, 2.75) is 0 Å². The first-order chi connectivity index (χ1) is 7.58. The highest BCUT2D eigenvalue weighted by Crippen LogP contribution is 2.33. The van der Waals surface area contributed by atoms with Crippen LogP contribution >= 0.6 is 34.8 Å². The van der Waals surface area contributed by atoms with Crippen LogP contribution in [0.5, 0.6) is 0 Å². The number of halogens is 4. The lowest BCUT2D eigenvalue weighted by Gasteiger charge is -2.06. The summed E-state index contributed by atoms with van der Waals surface area (Å²) in [6, 6.07) is 6.18. The average molecular weight is 277 g/mol. The molecule has 1 aromatic carbocycles. The lowest BCUT2D eigenvalue weighted by atomic mass is 10.1. The van der Waals surface area contributed by atoms with E-state index in [1.807, 2.05) is 0 Å². The second-order valence-corrected chi connectivity index (χ2v) is 4.32. The molecule has 2 aromatic rings. The van der Waals surface area contributed by atoms with Gasteiger partial charge < -0.3 is 0 Å². The van der Waals surface area contributed by atoms with Crippen LogP contribution < -0.4 is 0 Å². The Morgan fingerprint density at radius 2 is 1.75 bits per heavy atom. The summed E-state index contributed by atoms with van der Waals surface area (Å²) >= 11 is 17.6. The molecule has 1 aromatic heterocycles. The summed E-state index contributed by atoms with van der Waals surface area (Å²) in [6.45, 7) is 0. The van der Waals surface area contributed by atoms with Crippen LogP contribution in [0.4, 0.5) is 4.39 Å². The van der Waals surface area contributed by atoms with E-state index in [9.17, 15) is 4.39 Å². The molecule has 82 valence electrons. The van der Waals surface area contributed by atoms with E-state index in [0.717, 1.165) is 6.20 Å². The monoisotopic (exact) mass is 275 g/mol. The van der Waals surface area contributed by atoms with Gasteiger partial charge >= 0.3 is 0 Å². The number of hydrogen-bond acceptors (Lipinski definition) is 1. The summed E-state index contributed by atoms with van der Waals surface area (Å²) < 4.78 is 13.1. The van der Waals surface area contributed by atoms with Crippen LogP contribution in [0.3, 0.4) is 0 Å². The third-order valence-corrected chi connectivity index (χ3v) is 2.88. The van der Waals surface area contributed by atoms with Gasteiger partial charge in [0, 0.05) is 21.2 Å². The molecule has 0 aliphatic heterocycles. The smallest absolute Gasteiger partial charge is 0.142 e. The first kappa shape index (κ1) is 11.6. The number of rotatable bonds is 1. The van der Waals surface area contributed by atoms with Crippen molar-refractivity contribution in [3.63, 3.8) is 0 Å². The molecule has 5 heteroatoms. The van der Waals surface area contributed by atoms with E-state index in [1.165, 1.54) is 6.07 Å². The zero-order chi connectivity index (χ0) is 11.7. The largest absolute Gasteiger partial charge is 0.241 e. The molecule has 0 bridgehead atoms. The predicted molar refractivity (Wildman–Crippen MR) is 64.7 cm³/mol. The van der Waals surface area contributed by atoms with Gasteiger partial charge in [0.25, 0.3) is 0 Å². The van der Waals surface area contributed by atoms with Crippen LogP contribution in [0.25, 0.3) is 11.1 Å². The van der Waals surface area contributed by atoms with Crippen LogP contribution in [0.1, 0.15) is 0 Å². The van der Waals surface area contributed by atoms with Crippen molar-refractivity contribution in [1.29, 1.82) is 0 Å². The number of nitrogens with zero attached hydrogens (tertiary/aromatic N) is 1. The van der Waals surface area contributed by atoms with Crippen molar-refractivity contribution < 1.29 is 4.39 Å². The second kappa shape index (κ2) is 4.58. The van der Waals surface area contributed by atoms with Gasteiger partial charge in [-0.2, -0.15) is 0 Å². The van der Waals surface area contributed by atoms with E-state index in [4.69, 9.17) is 34.8 Å². The number of pyridine rings is 1. The molecule has 2 rings (SSSR count). The van der Waals surface area contributed by atoms with Gasteiger partial charge in [-0.3, -0.25) is 0 Å². The summed E-state index contributed by atoms with van der Waals surface area (Å²) in [5.74, 6) is -0.467. The Bertz CT molecular complexity index is 543. The molecule has 0 unspecified atom stereocenters. The number of aromatic nitrogens is 1. The summed E-state index contributed by atoms with van der Waals surface area (Å²) in [7, 11) is 0. The van der Waals surface area contributed by atoms with Gasteiger partial charge in [0.2, 0.25) is 0 Å². The number of benzene rings is 1. The van der Waals surface area contributed by atoms with Crippen LogP contribution in [0, 0.1) is 5.82 Å². The van der Waals surface area contributed by atoms with E-state index < -0.39 is 5.82 Å². The third-order valence-electron chi connectivity index (χ3n) is 2.03. The minimum Gasteiger partial charge on any atom is -0.241 e. The lowest BCUT2D eigenvalue weighted by Crippen LogP contribution is -1.87. The first-order valence-corrected chi connectivity index (χ1v) is 5.48. The van der Waals surface area contributed by atoms with Gasteiger partial charge in [0.15, 0.2) is 0 Å². The lowest BCUT2D eigenvalue weighted by molar-refractivity contribution is 0.622.